The average Bonchev–Trinajstić information content (AvgIpc) is 2.66. The van der Waals surface area contributed by atoms with Crippen LogP contribution in [0.1, 0.15) is 16.8 Å². The van der Waals surface area contributed by atoms with Crippen LogP contribution in [0.2, 0.25) is 5.15 Å². The molecule has 0 fully saturated rings. The molecule has 8 heteroatoms. The van der Waals surface area contributed by atoms with Crippen LogP contribution in [0.15, 0.2) is 28.3 Å². The van der Waals surface area contributed by atoms with Crippen molar-refractivity contribution in [3.63, 3.8) is 0 Å². The Balaban J connectivity index is 2.48. The highest BCUT2D eigenvalue weighted by Gasteiger charge is 2.14. The molecule has 0 radical (unpaired) electrons. The summed E-state index contributed by atoms with van der Waals surface area (Å²) in [5, 5.41) is 16.2. The molecule has 2 aromatic rings. The summed E-state index contributed by atoms with van der Waals surface area (Å²) >= 11 is 6.14. The van der Waals surface area contributed by atoms with Gasteiger partial charge in [-0.15, -0.1) is 0 Å². The first-order valence-corrected chi connectivity index (χ1v) is 6.18. The summed E-state index contributed by atoms with van der Waals surface area (Å²) < 4.78 is 2.98. The van der Waals surface area contributed by atoms with E-state index >= 15 is 0 Å². The average molecular weight is 296 g/mol. The monoisotopic (exact) mass is 295 g/mol. The van der Waals surface area contributed by atoms with Crippen LogP contribution in [0.5, 0.6) is 0 Å². The molecular weight excluding hydrogens is 282 g/mol. The second-order valence-electron chi connectivity index (χ2n) is 4.32. The maximum Gasteiger partial charge on any atom is 0.261 e. The number of nitrogens with zero attached hydrogens (tertiary/aromatic N) is 4. The summed E-state index contributed by atoms with van der Waals surface area (Å²) in [6.45, 7) is 2.09. The summed E-state index contributed by atoms with van der Waals surface area (Å²) in [7, 11) is 1.73. The Morgan fingerprint density at radius 2 is 2.30 bits per heavy atom. The highest BCUT2D eigenvalue weighted by molar-refractivity contribution is 6.30. The van der Waals surface area contributed by atoms with E-state index < -0.39 is 0 Å². The largest absolute Gasteiger partial charge is 0.409 e. The molecule has 3 N–H and O–H groups in total. The zero-order chi connectivity index (χ0) is 14.9. The number of hydrogen-bond donors (Lipinski definition) is 2. The molecular formula is C12H14ClN5O2. The molecule has 0 saturated carbocycles. The molecule has 0 spiro atoms. The highest BCUT2D eigenvalue weighted by atomic mass is 35.5. The Morgan fingerprint density at radius 1 is 1.60 bits per heavy atom. The van der Waals surface area contributed by atoms with Gasteiger partial charge in [-0.05, 0) is 19.1 Å². The van der Waals surface area contributed by atoms with Crippen LogP contribution in [-0.2, 0) is 13.6 Å². The van der Waals surface area contributed by atoms with Gasteiger partial charge in [0.05, 0.1) is 17.8 Å². The molecule has 2 rings (SSSR count). The zero-order valence-electron chi connectivity index (χ0n) is 11.0. The van der Waals surface area contributed by atoms with Gasteiger partial charge in [0.25, 0.3) is 5.56 Å². The molecule has 0 bridgehead atoms. The van der Waals surface area contributed by atoms with Crippen molar-refractivity contribution in [3.05, 3.63) is 50.7 Å². The van der Waals surface area contributed by atoms with Crippen LogP contribution in [0, 0.1) is 6.92 Å². The maximum absolute atomic E-state index is 12.2. The standard InChI is InChI=1S/C12H14ClN5O2/c1-7-9(10(13)17(2)15-7)6-18-5-3-4-8(12(18)19)11(14)16-20/h3-5,20H,6H2,1-2H3,(H2,14,16). The number of nitrogens with two attached hydrogens (primary N) is 1. The van der Waals surface area contributed by atoms with Crippen molar-refractivity contribution in [3.8, 4) is 0 Å². The van der Waals surface area contributed by atoms with Crippen LogP contribution in [-0.4, -0.2) is 25.4 Å². The third kappa shape index (κ3) is 2.39. The number of aryl methyl sites for hydroxylation is 2. The minimum Gasteiger partial charge on any atom is -0.409 e. The number of halogens is 1. The quantitative estimate of drug-likeness (QED) is 0.376. The summed E-state index contributed by atoms with van der Waals surface area (Å²) in [4.78, 5) is 12.2. The Hall–Kier alpha value is -2.28. The lowest BCUT2D eigenvalue weighted by Gasteiger charge is -2.07. The smallest absolute Gasteiger partial charge is 0.261 e. The minimum atomic E-state index is -0.359. The van der Waals surface area contributed by atoms with Gasteiger partial charge in [0, 0.05) is 18.8 Å². The molecule has 106 valence electrons. The lowest BCUT2D eigenvalue weighted by Crippen LogP contribution is -2.30. The van der Waals surface area contributed by atoms with E-state index in [1.807, 2.05) is 6.92 Å². The van der Waals surface area contributed by atoms with E-state index in [1.165, 1.54) is 10.6 Å². The molecule has 0 saturated heterocycles. The topological polar surface area (TPSA) is 98.4 Å². The SMILES string of the molecule is Cc1nn(C)c(Cl)c1Cn1cccc(/C(N)=N/O)c1=O. The van der Waals surface area contributed by atoms with E-state index in [1.54, 1.807) is 24.0 Å². The molecule has 2 aromatic heterocycles. The predicted octanol–water partition coefficient (Wildman–Crippen LogP) is 0.686. The molecule has 0 aliphatic carbocycles. The third-order valence-electron chi connectivity index (χ3n) is 3.00. The van der Waals surface area contributed by atoms with Crippen molar-refractivity contribution in [1.82, 2.24) is 14.3 Å². The second-order valence-corrected chi connectivity index (χ2v) is 4.68. The summed E-state index contributed by atoms with van der Waals surface area (Å²) in [6, 6.07) is 3.14. The molecule has 7 nitrogen and oxygen atoms in total. The summed E-state index contributed by atoms with van der Waals surface area (Å²) in [5.41, 5.74) is 6.74. The van der Waals surface area contributed by atoms with Gasteiger partial charge in [0.15, 0.2) is 5.84 Å². The van der Waals surface area contributed by atoms with Crippen LogP contribution in [0.25, 0.3) is 0 Å². The second kappa shape index (κ2) is 5.38. The van der Waals surface area contributed by atoms with Gasteiger partial charge in [-0.2, -0.15) is 5.10 Å². The summed E-state index contributed by atoms with van der Waals surface area (Å²) in [6.07, 6.45) is 1.61. The molecule has 0 aliphatic heterocycles. The fourth-order valence-electron chi connectivity index (χ4n) is 1.93. The summed E-state index contributed by atoms with van der Waals surface area (Å²) in [5.74, 6) is -0.224. The normalized spacial score (nSPS) is 11.8. The van der Waals surface area contributed by atoms with Crippen LogP contribution in [0.4, 0.5) is 0 Å². The van der Waals surface area contributed by atoms with E-state index in [0.717, 1.165) is 11.3 Å². The Bertz CT molecular complexity index is 732. The molecule has 0 aromatic carbocycles. The van der Waals surface area contributed by atoms with Crippen molar-refractivity contribution in [2.24, 2.45) is 17.9 Å². The Morgan fingerprint density at radius 3 is 2.85 bits per heavy atom. The zero-order valence-corrected chi connectivity index (χ0v) is 11.8. The van der Waals surface area contributed by atoms with Gasteiger partial charge in [-0.1, -0.05) is 16.8 Å². The number of oxime groups is 1. The Labute approximate surface area is 119 Å². The predicted molar refractivity (Wildman–Crippen MR) is 75.3 cm³/mol. The van der Waals surface area contributed by atoms with E-state index in [2.05, 4.69) is 10.3 Å². The van der Waals surface area contributed by atoms with Gasteiger partial charge < -0.3 is 15.5 Å². The molecule has 0 unspecified atom stereocenters. The van der Waals surface area contributed by atoms with Gasteiger partial charge >= 0.3 is 0 Å². The van der Waals surface area contributed by atoms with Gasteiger partial charge in [0.1, 0.15) is 5.15 Å². The fraction of sp³-hybridized carbons (Fsp3) is 0.250. The van der Waals surface area contributed by atoms with E-state index in [0.29, 0.717) is 5.15 Å². The first kappa shape index (κ1) is 14.1. The van der Waals surface area contributed by atoms with E-state index in [9.17, 15) is 4.79 Å². The fourth-order valence-corrected chi connectivity index (χ4v) is 2.17. The Kier molecular flexibility index (Phi) is 3.80. The maximum atomic E-state index is 12.2. The number of aromatic nitrogens is 3. The first-order valence-electron chi connectivity index (χ1n) is 5.81. The lowest BCUT2D eigenvalue weighted by atomic mass is 10.2. The van der Waals surface area contributed by atoms with E-state index in [4.69, 9.17) is 22.5 Å². The van der Waals surface area contributed by atoms with E-state index in [-0.39, 0.29) is 23.5 Å². The van der Waals surface area contributed by atoms with Gasteiger partial charge in [-0.3, -0.25) is 9.48 Å². The minimum absolute atomic E-state index is 0.132. The van der Waals surface area contributed by atoms with Gasteiger partial charge in [-0.25, -0.2) is 0 Å². The lowest BCUT2D eigenvalue weighted by molar-refractivity contribution is 0.318. The number of rotatable bonds is 3. The molecule has 2 heterocycles. The molecule has 20 heavy (non-hydrogen) atoms. The van der Waals surface area contributed by atoms with Crippen molar-refractivity contribution in [2.75, 3.05) is 0 Å². The van der Waals surface area contributed by atoms with Crippen LogP contribution in [0.3, 0.4) is 0 Å². The van der Waals surface area contributed by atoms with Gasteiger partial charge in [0.2, 0.25) is 0 Å². The van der Waals surface area contributed by atoms with Crippen molar-refractivity contribution in [2.45, 2.75) is 13.5 Å². The first-order chi connectivity index (χ1) is 9.45. The van der Waals surface area contributed by atoms with Crippen molar-refractivity contribution in [1.29, 1.82) is 0 Å². The number of amidine groups is 1. The molecule has 0 amide bonds. The van der Waals surface area contributed by atoms with Crippen LogP contribution >= 0.6 is 11.6 Å². The van der Waals surface area contributed by atoms with Crippen molar-refractivity contribution < 1.29 is 5.21 Å². The van der Waals surface area contributed by atoms with Crippen molar-refractivity contribution >= 4 is 17.4 Å². The highest BCUT2D eigenvalue weighted by Crippen LogP contribution is 2.19. The van der Waals surface area contributed by atoms with Crippen LogP contribution < -0.4 is 11.3 Å². The number of hydrogen-bond acceptors (Lipinski definition) is 4. The molecule has 0 aliphatic rings. The number of pyridine rings is 1. The third-order valence-corrected chi connectivity index (χ3v) is 3.47. The molecule has 0 atom stereocenters.